The summed E-state index contributed by atoms with van der Waals surface area (Å²) in [6.07, 6.45) is 0.521. The molecule has 1 amide bonds. The van der Waals surface area contributed by atoms with Gasteiger partial charge >= 0.3 is 0 Å². The van der Waals surface area contributed by atoms with Crippen LogP contribution >= 0.6 is 0 Å². The molecule has 26 heavy (non-hydrogen) atoms. The summed E-state index contributed by atoms with van der Waals surface area (Å²) < 4.78 is 51.2. The molecule has 1 aliphatic rings. The quantitative estimate of drug-likeness (QED) is 0.779. The second kappa shape index (κ2) is 6.90. The lowest BCUT2D eigenvalue weighted by molar-refractivity contribution is 0.0651. The minimum atomic E-state index is -1.65. The first kappa shape index (κ1) is 18.1. The van der Waals surface area contributed by atoms with Gasteiger partial charge in [-0.2, -0.15) is 0 Å². The van der Waals surface area contributed by atoms with E-state index >= 15 is 0 Å². The van der Waals surface area contributed by atoms with E-state index in [9.17, 15) is 18.0 Å². The molecule has 4 nitrogen and oxygen atoms in total. The van der Waals surface area contributed by atoms with Crippen molar-refractivity contribution in [3.63, 3.8) is 0 Å². The molecule has 3 rings (SSSR count). The van der Waals surface area contributed by atoms with E-state index in [-0.39, 0.29) is 12.6 Å². The van der Waals surface area contributed by atoms with Gasteiger partial charge in [0.1, 0.15) is 0 Å². The molecule has 0 saturated carbocycles. The Morgan fingerprint density at radius 3 is 2.27 bits per heavy atom. The van der Waals surface area contributed by atoms with E-state index < -0.39 is 28.9 Å². The molecule has 7 heteroatoms. The van der Waals surface area contributed by atoms with Crippen LogP contribution in [-0.2, 0) is 13.0 Å². The van der Waals surface area contributed by atoms with Gasteiger partial charge in [-0.25, -0.2) is 13.2 Å². The number of ether oxygens (including phenoxy) is 2. The van der Waals surface area contributed by atoms with E-state index in [0.717, 1.165) is 23.3 Å². The molecule has 0 bridgehead atoms. The van der Waals surface area contributed by atoms with E-state index in [4.69, 9.17) is 9.47 Å². The van der Waals surface area contributed by atoms with Crippen LogP contribution in [-0.4, -0.2) is 31.1 Å². The third kappa shape index (κ3) is 2.98. The molecule has 1 aliphatic heterocycles. The molecule has 0 N–H and O–H groups in total. The van der Waals surface area contributed by atoms with Gasteiger partial charge in [-0.1, -0.05) is 0 Å². The third-order valence-corrected chi connectivity index (χ3v) is 4.62. The van der Waals surface area contributed by atoms with E-state index in [0.29, 0.717) is 17.9 Å². The molecule has 0 fully saturated rings. The van der Waals surface area contributed by atoms with Crippen molar-refractivity contribution in [3.05, 3.63) is 58.4 Å². The summed E-state index contributed by atoms with van der Waals surface area (Å²) in [5.41, 5.74) is 1.33. The fraction of sp³-hybridized carbons (Fsp3) is 0.316. The number of carbonyl (C=O) groups excluding carboxylic acids is 1. The number of halogens is 3. The summed E-state index contributed by atoms with van der Waals surface area (Å²) in [4.78, 5) is 14.2. The maximum Gasteiger partial charge on any atom is 0.257 e. The Balaban J connectivity index is 1.96. The highest BCUT2D eigenvalue weighted by molar-refractivity contribution is 5.95. The number of benzene rings is 2. The molecule has 0 radical (unpaired) electrons. The zero-order valence-corrected chi connectivity index (χ0v) is 14.6. The Kier molecular flexibility index (Phi) is 4.80. The summed E-state index contributed by atoms with van der Waals surface area (Å²) >= 11 is 0. The molecule has 0 spiro atoms. The molecule has 2 aromatic rings. The van der Waals surface area contributed by atoms with Crippen LogP contribution in [0.3, 0.4) is 0 Å². The predicted molar refractivity (Wildman–Crippen MR) is 88.9 cm³/mol. The van der Waals surface area contributed by atoms with Crippen molar-refractivity contribution in [2.75, 3.05) is 14.2 Å². The third-order valence-electron chi connectivity index (χ3n) is 4.62. The average Bonchev–Trinajstić information content (AvgIpc) is 2.64. The van der Waals surface area contributed by atoms with Gasteiger partial charge in [0.2, 0.25) is 0 Å². The van der Waals surface area contributed by atoms with Gasteiger partial charge < -0.3 is 14.4 Å². The van der Waals surface area contributed by atoms with Gasteiger partial charge in [-0.05, 0) is 48.7 Å². The summed E-state index contributed by atoms with van der Waals surface area (Å²) in [5.74, 6) is -4.02. The first-order valence-electron chi connectivity index (χ1n) is 8.05. The Morgan fingerprint density at radius 1 is 1.04 bits per heavy atom. The van der Waals surface area contributed by atoms with Gasteiger partial charge in [0.05, 0.1) is 19.8 Å². The van der Waals surface area contributed by atoms with Crippen LogP contribution in [0.1, 0.15) is 28.4 Å². The maximum atomic E-state index is 14.0. The molecule has 138 valence electrons. The normalized spacial score (nSPS) is 16.2. The lowest BCUT2D eigenvalue weighted by Crippen LogP contribution is -2.43. The molecule has 0 aliphatic carbocycles. The first-order chi connectivity index (χ1) is 12.4. The molecule has 0 aromatic heterocycles. The van der Waals surface area contributed by atoms with Gasteiger partial charge in [0, 0.05) is 12.6 Å². The number of carbonyl (C=O) groups is 1. The highest BCUT2D eigenvalue weighted by atomic mass is 19.2. The number of hydrogen-bond donors (Lipinski definition) is 0. The number of fused-ring (bicyclic) bond motifs is 1. The second-order valence-corrected chi connectivity index (χ2v) is 6.19. The van der Waals surface area contributed by atoms with Crippen LogP contribution in [0.25, 0.3) is 0 Å². The summed E-state index contributed by atoms with van der Waals surface area (Å²) in [6.45, 7) is 2.02. The van der Waals surface area contributed by atoms with Crippen LogP contribution in [0.2, 0.25) is 0 Å². The van der Waals surface area contributed by atoms with Crippen molar-refractivity contribution in [3.8, 4) is 11.5 Å². The highest BCUT2D eigenvalue weighted by Gasteiger charge is 2.31. The molecule has 0 saturated heterocycles. The monoisotopic (exact) mass is 365 g/mol. The van der Waals surface area contributed by atoms with E-state index in [1.807, 2.05) is 13.0 Å². The van der Waals surface area contributed by atoms with Crippen LogP contribution in [0, 0.1) is 17.5 Å². The van der Waals surface area contributed by atoms with Crippen molar-refractivity contribution in [1.82, 2.24) is 4.90 Å². The lowest BCUT2D eigenvalue weighted by Gasteiger charge is -2.35. The van der Waals surface area contributed by atoms with Gasteiger partial charge in [0.15, 0.2) is 29.0 Å². The first-order valence-corrected chi connectivity index (χ1v) is 8.05. The Hall–Kier alpha value is -2.70. The van der Waals surface area contributed by atoms with Crippen molar-refractivity contribution >= 4 is 5.91 Å². The molecule has 1 unspecified atom stereocenters. The Bertz CT molecular complexity index is 870. The molecular weight excluding hydrogens is 347 g/mol. The van der Waals surface area contributed by atoms with Gasteiger partial charge in [0.25, 0.3) is 5.91 Å². The topological polar surface area (TPSA) is 38.8 Å². The zero-order chi connectivity index (χ0) is 19.0. The van der Waals surface area contributed by atoms with Crippen molar-refractivity contribution in [2.45, 2.75) is 25.9 Å². The Labute approximate surface area is 149 Å². The number of hydrogen-bond acceptors (Lipinski definition) is 3. The summed E-state index contributed by atoms with van der Waals surface area (Å²) in [7, 11) is 3.05. The summed E-state index contributed by atoms with van der Waals surface area (Å²) in [6, 6.07) is 5.09. The van der Waals surface area contributed by atoms with E-state index in [1.54, 1.807) is 6.07 Å². The van der Waals surface area contributed by atoms with Crippen LogP contribution in [0.5, 0.6) is 11.5 Å². The smallest absolute Gasteiger partial charge is 0.257 e. The van der Waals surface area contributed by atoms with Gasteiger partial charge in [-0.3, -0.25) is 4.79 Å². The van der Waals surface area contributed by atoms with Crippen molar-refractivity contribution in [2.24, 2.45) is 0 Å². The number of amides is 1. The lowest BCUT2D eigenvalue weighted by atomic mass is 9.93. The number of methoxy groups -OCH3 is 2. The van der Waals surface area contributed by atoms with Gasteiger partial charge in [-0.15, -0.1) is 0 Å². The fourth-order valence-electron chi connectivity index (χ4n) is 3.19. The van der Waals surface area contributed by atoms with E-state index in [2.05, 4.69) is 0 Å². The largest absolute Gasteiger partial charge is 0.493 e. The van der Waals surface area contributed by atoms with Crippen molar-refractivity contribution < 1.29 is 27.4 Å². The van der Waals surface area contributed by atoms with Crippen LogP contribution in [0.15, 0.2) is 24.3 Å². The van der Waals surface area contributed by atoms with Crippen LogP contribution in [0.4, 0.5) is 13.2 Å². The molecule has 1 atom stereocenters. The summed E-state index contributed by atoms with van der Waals surface area (Å²) in [5, 5.41) is 0. The molecule has 2 aromatic carbocycles. The highest BCUT2D eigenvalue weighted by Crippen LogP contribution is 2.35. The zero-order valence-electron chi connectivity index (χ0n) is 14.6. The second-order valence-electron chi connectivity index (χ2n) is 6.19. The fourth-order valence-corrected chi connectivity index (χ4v) is 3.19. The van der Waals surface area contributed by atoms with E-state index in [1.165, 1.54) is 19.1 Å². The maximum absolute atomic E-state index is 14.0. The van der Waals surface area contributed by atoms with Crippen LogP contribution < -0.4 is 9.47 Å². The molecule has 1 heterocycles. The standard InChI is InChI=1S/C19H18F3NO3/c1-10-6-11-7-15(25-2)16(26-3)8-12(11)9-23(10)19(24)13-4-5-14(20)18(22)17(13)21/h4-5,7-8,10H,6,9H2,1-3H3. The average molecular weight is 365 g/mol. The molecular formula is C19H18F3NO3. The number of nitrogens with zero attached hydrogens (tertiary/aromatic N) is 1. The minimum absolute atomic E-state index is 0.203. The predicted octanol–water partition coefficient (Wildman–Crippen LogP) is 3.71. The minimum Gasteiger partial charge on any atom is -0.493 e. The van der Waals surface area contributed by atoms with Crippen molar-refractivity contribution in [1.29, 1.82) is 0 Å². The Morgan fingerprint density at radius 2 is 1.65 bits per heavy atom. The number of rotatable bonds is 3. The SMILES string of the molecule is COc1cc2c(cc1OC)CN(C(=O)c1ccc(F)c(F)c1F)C(C)C2.